The predicted octanol–water partition coefficient (Wildman–Crippen LogP) is 1.04. The van der Waals surface area contributed by atoms with Gasteiger partial charge in [-0.2, -0.15) is 0 Å². The first kappa shape index (κ1) is 14.5. The van der Waals surface area contributed by atoms with E-state index in [4.69, 9.17) is 4.74 Å². The molecule has 0 fully saturated rings. The third-order valence-corrected chi connectivity index (χ3v) is 2.53. The summed E-state index contributed by atoms with van der Waals surface area (Å²) < 4.78 is 4.95. The van der Waals surface area contributed by atoms with Crippen molar-refractivity contribution < 1.29 is 19.7 Å². The quantitative estimate of drug-likeness (QED) is 0.708. The van der Waals surface area contributed by atoms with E-state index in [1.54, 1.807) is 6.92 Å². The first-order chi connectivity index (χ1) is 8.63. The number of benzene rings is 1. The molecule has 0 radical (unpaired) electrons. The summed E-state index contributed by atoms with van der Waals surface area (Å²) in [5.41, 5.74) is 0.891. The molecule has 2 atom stereocenters. The first-order valence-corrected chi connectivity index (χ1v) is 5.94. The van der Waals surface area contributed by atoms with E-state index in [1.807, 2.05) is 30.3 Å². The zero-order chi connectivity index (χ0) is 13.4. The molecule has 0 aliphatic rings. The van der Waals surface area contributed by atoms with Crippen molar-refractivity contribution in [1.29, 1.82) is 0 Å². The number of alkyl carbamates (subject to hydrolysis) is 1. The van der Waals surface area contributed by atoms with Crippen molar-refractivity contribution in [3.63, 3.8) is 0 Å². The third kappa shape index (κ3) is 5.16. The summed E-state index contributed by atoms with van der Waals surface area (Å²) in [4.78, 5) is 11.3. The molecule has 3 N–H and O–H groups in total. The van der Waals surface area contributed by atoms with Gasteiger partial charge in [0, 0.05) is 6.54 Å². The highest BCUT2D eigenvalue weighted by molar-refractivity contribution is 5.67. The summed E-state index contributed by atoms with van der Waals surface area (Å²) in [7, 11) is 0. The van der Waals surface area contributed by atoms with Gasteiger partial charge in [-0.25, -0.2) is 4.79 Å². The number of aliphatic hydroxyl groups excluding tert-OH is 2. The molecule has 1 amide bonds. The second-order valence-electron chi connectivity index (χ2n) is 3.99. The number of hydrogen-bond donors (Lipinski definition) is 3. The van der Waals surface area contributed by atoms with Crippen molar-refractivity contribution in [3.05, 3.63) is 35.9 Å². The van der Waals surface area contributed by atoms with E-state index in [0.29, 0.717) is 6.42 Å². The molecule has 0 aromatic heterocycles. The van der Waals surface area contributed by atoms with Crippen LogP contribution in [0.3, 0.4) is 0 Å². The Labute approximate surface area is 106 Å². The van der Waals surface area contributed by atoms with Crippen molar-refractivity contribution in [1.82, 2.24) is 5.32 Å². The number of amides is 1. The van der Waals surface area contributed by atoms with Gasteiger partial charge in [0.05, 0.1) is 12.2 Å². The van der Waals surface area contributed by atoms with Crippen LogP contribution in [0.25, 0.3) is 0 Å². The molecule has 1 aromatic rings. The average molecular weight is 253 g/mol. The maximum Gasteiger partial charge on any atom is 0.407 e. The standard InChI is InChI=1S/C13H19NO4/c1-2-11(15)12(16)8-14-13(17)18-9-10-6-4-3-5-7-10/h3-7,11-12,15-16H,2,8-9H2,1H3,(H,14,17)/t11-,12+/m0/s1. The van der Waals surface area contributed by atoms with E-state index in [0.717, 1.165) is 5.56 Å². The lowest BCUT2D eigenvalue weighted by Crippen LogP contribution is -2.38. The highest BCUT2D eigenvalue weighted by Crippen LogP contribution is 2.01. The second kappa shape index (κ2) is 7.68. The Morgan fingerprint density at radius 3 is 2.56 bits per heavy atom. The molecular formula is C13H19NO4. The lowest BCUT2D eigenvalue weighted by atomic mass is 10.1. The van der Waals surface area contributed by atoms with Gasteiger partial charge >= 0.3 is 6.09 Å². The van der Waals surface area contributed by atoms with Crippen molar-refractivity contribution in [3.8, 4) is 0 Å². The van der Waals surface area contributed by atoms with Gasteiger partial charge in [0.25, 0.3) is 0 Å². The minimum absolute atomic E-state index is 0.0252. The van der Waals surface area contributed by atoms with E-state index in [1.165, 1.54) is 0 Å². The minimum Gasteiger partial charge on any atom is -0.445 e. The monoisotopic (exact) mass is 253 g/mol. The Morgan fingerprint density at radius 2 is 1.94 bits per heavy atom. The molecule has 0 saturated heterocycles. The number of carbonyl (C=O) groups is 1. The zero-order valence-electron chi connectivity index (χ0n) is 10.4. The molecule has 5 heteroatoms. The summed E-state index contributed by atoms with van der Waals surface area (Å²) in [6, 6.07) is 9.30. The summed E-state index contributed by atoms with van der Waals surface area (Å²) in [5, 5.41) is 21.1. The van der Waals surface area contributed by atoms with Crippen LogP contribution in [0, 0.1) is 0 Å². The SMILES string of the molecule is CC[C@H](O)[C@H](O)CNC(=O)OCc1ccccc1. The number of rotatable bonds is 6. The fourth-order valence-corrected chi connectivity index (χ4v) is 1.37. The van der Waals surface area contributed by atoms with Crippen molar-refractivity contribution >= 4 is 6.09 Å². The fraction of sp³-hybridized carbons (Fsp3) is 0.462. The van der Waals surface area contributed by atoms with Gasteiger partial charge in [0.1, 0.15) is 6.61 Å². The second-order valence-corrected chi connectivity index (χ2v) is 3.99. The van der Waals surface area contributed by atoms with Crippen LogP contribution in [0.4, 0.5) is 4.79 Å². The zero-order valence-corrected chi connectivity index (χ0v) is 10.4. The van der Waals surface area contributed by atoms with Gasteiger partial charge in [0.2, 0.25) is 0 Å². The number of ether oxygens (including phenoxy) is 1. The Morgan fingerprint density at radius 1 is 1.28 bits per heavy atom. The Bertz CT molecular complexity index is 355. The largest absolute Gasteiger partial charge is 0.445 e. The Kier molecular flexibility index (Phi) is 6.18. The van der Waals surface area contributed by atoms with Crippen LogP contribution in [0.2, 0.25) is 0 Å². The van der Waals surface area contributed by atoms with Gasteiger partial charge in [-0.05, 0) is 12.0 Å². The number of carbonyl (C=O) groups excluding carboxylic acids is 1. The summed E-state index contributed by atoms with van der Waals surface area (Å²) in [6.45, 7) is 1.91. The summed E-state index contributed by atoms with van der Waals surface area (Å²) in [5.74, 6) is 0. The van der Waals surface area contributed by atoms with Crippen LogP contribution in [0.5, 0.6) is 0 Å². The molecule has 0 unspecified atom stereocenters. The molecule has 0 spiro atoms. The molecule has 1 rings (SSSR count). The highest BCUT2D eigenvalue weighted by Gasteiger charge is 2.15. The summed E-state index contributed by atoms with van der Waals surface area (Å²) >= 11 is 0. The number of hydrogen-bond acceptors (Lipinski definition) is 4. The topological polar surface area (TPSA) is 78.8 Å². The molecule has 0 aliphatic carbocycles. The van der Waals surface area contributed by atoms with E-state index >= 15 is 0 Å². The lowest BCUT2D eigenvalue weighted by Gasteiger charge is -2.16. The van der Waals surface area contributed by atoms with Crippen molar-refractivity contribution in [2.75, 3.05) is 6.54 Å². The summed E-state index contributed by atoms with van der Waals surface area (Å²) in [6.07, 6.45) is -1.98. The number of nitrogens with one attached hydrogen (secondary N) is 1. The van der Waals surface area contributed by atoms with Crippen LogP contribution in [-0.4, -0.2) is 35.1 Å². The van der Waals surface area contributed by atoms with E-state index < -0.39 is 18.3 Å². The highest BCUT2D eigenvalue weighted by atomic mass is 16.5. The molecule has 0 bridgehead atoms. The van der Waals surface area contributed by atoms with Crippen LogP contribution in [0.15, 0.2) is 30.3 Å². The maximum absolute atomic E-state index is 11.3. The van der Waals surface area contributed by atoms with Crippen LogP contribution in [0.1, 0.15) is 18.9 Å². The maximum atomic E-state index is 11.3. The van der Waals surface area contributed by atoms with E-state index in [-0.39, 0.29) is 13.2 Å². The Balaban J connectivity index is 2.22. The van der Waals surface area contributed by atoms with Crippen LogP contribution in [-0.2, 0) is 11.3 Å². The normalized spacial score (nSPS) is 13.7. The average Bonchev–Trinajstić information content (AvgIpc) is 2.42. The lowest BCUT2D eigenvalue weighted by molar-refractivity contribution is 0.0176. The van der Waals surface area contributed by atoms with E-state index in [2.05, 4.69) is 5.32 Å². The molecule has 1 aromatic carbocycles. The van der Waals surface area contributed by atoms with Crippen molar-refractivity contribution in [2.45, 2.75) is 32.2 Å². The van der Waals surface area contributed by atoms with Crippen LogP contribution >= 0.6 is 0 Å². The van der Waals surface area contributed by atoms with Gasteiger partial charge in [-0.1, -0.05) is 37.3 Å². The minimum atomic E-state index is -0.973. The fourth-order valence-electron chi connectivity index (χ4n) is 1.37. The van der Waals surface area contributed by atoms with Gasteiger partial charge in [-0.3, -0.25) is 0 Å². The molecule has 0 heterocycles. The van der Waals surface area contributed by atoms with E-state index in [9.17, 15) is 15.0 Å². The molecule has 18 heavy (non-hydrogen) atoms. The van der Waals surface area contributed by atoms with Crippen LogP contribution < -0.4 is 5.32 Å². The van der Waals surface area contributed by atoms with Crippen molar-refractivity contribution in [2.24, 2.45) is 0 Å². The predicted molar refractivity (Wildman–Crippen MR) is 66.9 cm³/mol. The Hall–Kier alpha value is -1.59. The van der Waals surface area contributed by atoms with Gasteiger partial charge in [-0.15, -0.1) is 0 Å². The molecule has 100 valence electrons. The van der Waals surface area contributed by atoms with Gasteiger partial charge in [0.15, 0.2) is 0 Å². The molecular weight excluding hydrogens is 234 g/mol. The third-order valence-electron chi connectivity index (χ3n) is 2.53. The number of aliphatic hydroxyl groups is 2. The smallest absolute Gasteiger partial charge is 0.407 e. The molecule has 0 aliphatic heterocycles. The first-order valence-electron chi connectivity index (χ1n) is 5.94. The molecule has 0 saturated carbocycles. The van der Waals surface area contributed by atoms with Gasteiger partial charge < -0.3 is 20.3 Å². The molecule has 5 nitrogen and oxygen atoms in total.